The molecule has 24 heavy (non-hydrogen) atoms. The minimum absolute atomic E-state index is 0.0338. The molecule has 1 saturated heterocycles. The van der Waals surface area contributed by atoms with E-state index in [2.05, 4.69) is 37.8 Å². The van der Waals surface area contributed by atoms with Crippen LogP contribution in [0.3, 0.4) is 0 Å². The van der Waals surface area contributed by atoms with Crippen molar-refractivity contribution in [3.8, 4) is 5.75 Å². The molecule has 1 aliphatic rings. The second kappa shape index (κ2) is 6.56. The van der Waals surface area contributed by atoms with Crippen LogP contribution in [0.5, 0.6) is 5.75 Å². The number of amides is 1. The summed E-state index contributed by atoms with van der Waals surface area (Å²) in [7, 11) is 0. The molecule has 1 heterocycles. The van der Waals surface area contributed by atoms with Gasteiger partial charge in [-0.15, -0.1) is 0 Å². The van der Waals surface area contributed by atoms with Crippen molar-refractivity contribution in [1.82, 2.24) is 4.90 Å². The summed E-state index contributed by atoms with van der Waals surface area (Å²) < 4.78 is 0. The first-order valence-electron chi connectivity index (χ1n) is 8.37. The van der Waals surface area contributed by atoms with Gasteiger partial charge in [0.15, 0.2) is 0 Å². The van der Waals surface area contributed by atoms with Gasteiger partial charge in [-0.3, -0.25) is 4.79 Å². The van der Waals surface area contributed by atoms with Crippen LogP contribution in [0.25, 0.3) is 0 Å². The largest absolute Gasteiger partial charge is 0.508 e. The predicted molar refractivity (Wildman–Crippen MR) is 96.9 cm³/mol. The van der Waals surface area contributed by atoms with Crippen LogP contribution in [0.4, 0.5) is 5.69 Å². The van der Waals surface area contributed by atoms with Gasteiger partial charge in [-0.25, -0.2) is 0 Å². The third-order valence-corrected chi connectivity index (χ3v) is 4.83. The smallest absolute Gasteiger partial charge is 0.253 e. The lowest BCUT2D eigenvalue weighted by Gasteiger charge is -2.37. The molecule has 0 saturated carbocycles. The van der Waals surface area contributed by atoms with Crippen molar-refractivity contribution in [1.29, 1.82) is 0 Å². The molecule has 0 aromatic heterocycles. The molecular weight excluding hydrogens is 300 g/mol. The molecule has 0 bridgehead atoms. The van der Waals surface area contributed by atoms with Crippen molar-refractivity contribution in [2.75, 3.05) is 31.1 Å². The number of anilines is 1. The van der Waals surface area contributed by atoms with Crippen molar-refractivity contribution < 1.29 is 9.90 Å². The van der Waals surface area contributed by atoms with E-state index in [1.54, 1.807) is 24.3 Å². The molecule has 4 heteroatoms. The lowest BCUT2D eigenvalue weighted by Crippen LogP contribution is -2.49. The zero-order chi connectivity index (χ0) is 17.3. The van der Waals surface area contributed by atoms with E-state index in [4.69, 9.17) is 0 Å². The van der Waals surface area contributed by atoms with Crippen LogP contribution in [0.2, 0.25) is 0 Å². The minimum Gasteiger partial charge on any atom is -0.508 e. The fourth-order valence-corrected chi connectivity index (χ4v) is 3.22. The lowest BCUT2D eigenvalue weighted by molar-refractivity contribution is 0.0747. The van der Waals surface area contributed by atoms with Crippen LogP contribution in [0.15, 0.2) is 36.4 Å². The molecule has 0 radical (unpaired) electrons. The number of phenolic OH excluding ortho intramolecular Hbond substituents is 1. The molecule has 0 unspecified atom stereocenters. The van der Waals surface area contributed by atoms with Gasteiger partial charge in [0, 0.05) is 37.4 Å². The van der Waals surface area contributed by atoms with E-state index in [1.807, 2.05) is 4.90 Å². The summed E-state index contributed by atoms with van der Waals surface area (Å²) in [4.78, 5) is 16.8. The van der Waals surface area contributed by atoms with Gasteiger partial charge in [-0.05, 0) is 67.8 Å². The van der Waals surface area contributed by atoms with Crippen LogP contribution in [-0.4, -0.2) is 42.1 Å². The van der Waals surface area contributed by atoms with Crippen LogP contribution in [0, 0.1) is 20.8 Å². The Morgan fingerprint density at radius 3 is 2.08 bits per heavy atom. The third kappa shape index (κ3) is 3.23. The average Bonchev–Trinajstić information content (AvgIpc) is 2.58. The van der Waals surface area contributed by atoms with Gasteiger partial charge < -0.3 is 14.9 Å². The van der Waals surface area contributed by atoms with Gasteiger partial charge in [0.1, 0.15) is 5.75 Å². The fourth-order valence-electron chi connectivity index (χ4n) is 3.22. The van der Waals surface area contributed by atoms with Gasteiger partial charge in [0.2, 0.25) is 0 Å². The molecule has 1 aliphatic heterocycles. The number of aromatic hydroxyl groups is 1. The first kappa shape index (κ1) is 16.4. The highest BCUT2D eigenvalue weighted by molar-refractivity contribution is 5.94. The monoisotopic (exact) mass is 324 g/mol. The van der Waals surface area contributed by atoms with E-state index >= 15 is 0 Å². The number of carbonyl (C=O) groups is 1. The summed E-state index contributed by atoms with van der Waals surface area (Å²) in [5, 5.41) is 9.35. The van der Waals surface area contributed by atoms with Crippen molar-refractivity contribution in [3.05, 3.63) is 58.7 Å². The fraction of sp³-hybridized carbons (Fsp3) is 0.350. The van der Waals surface area contributed by atoms with Crippen LogP contribution in [0.1, 0.15) is 27.0 Å². The number of carbonyl (C=O) groups excluding carboxylic acids is 1. The minimum atomic E-state index is 0.0338. The number of hydrogen-bond acceptors (Lipinski definition) is 3. The molecule has 1 fully saturated rings. The standard InChI is InChI=1S/C20H24N2O2/c1-14-12-16(3)19(13-15(14)2)21-8-10-22(11-9-21)20(24)17-4-6-18(23)7-5-17/h4-7,12-13,23H,8-11H2,1-3H3. The van der Waals surface area contributed by atoms with Gasteiger partial charge in [-0.1, -0.05) is 6.07 Å². The van der Waals surface area contributed by atoms with E-state index in [0.717, 1.165) is 13.1 Å². The Morgan fingerprint density at radius 2 is 1.46 bits per heavy atom. The summed E-state index contributed by atoms with van der Waals surface area (Å²) in [6.07, 6.45) is 0. The Morgan fingerprint density at radius 1 is 0.875 bits per heavy atom. The summed E-state index contributed by atoms with van der Waals surface area (Å²) in [5.74, 6) is 0.216. The number of rotatable bonds is 2. The van der Waals surface area contributed by atoms with E-state index in [-0.39, 0.29) is 11.7 Å². The lowest BCUT2D eigenvalue weighted by atomic mass is 10.0. The maximum atomic E-state index is 12.5. The Hall–Kier alpha value is -2.49. The second-order valence-electron chi connectivity index (χ2n) is 6.55. The first-order chi connectivity index (χ1) is 11.5. The molecule has 0 aliphatic carbocycles. The van der Waals surface area contributed by atoms with Gasteiger partial charge in [-0.2, -0.15) is 0 Å². The van der Waals surface area contributed by atoms with Crippen LogP contribution < -0.4 is 4.90 Å². The highest BCUT2D eigenvalue weighted by atomic mass is 16.3. The number of piperazine rings is 1. The molecule has 4 nitrogen and oxygen atoms in total. The number of hydrogen-bond donors (Lipinski definition) is 1. The number of benzene rings is 2. The molecule has 2 aromatic rings. The highest BCUT2D eigenvalue weighted by Gasteiger charge is 2.23. The molecule has 3 rings (SSSR count). The van der Waals surface area contributed by atoms with E-state index < -0.39 is 0 Å². The molecule has 1 amide bonds. The topological polar surface area (TPSA) is 43.8 Å². The van der Waals surface area contributed by atoms with Crippen molar-refractivity contribution in [3.63, 3.8) is 0 Å². The predicted octanol–water partition coefficient (Wildman–Crippen LogP) is 3.28. The van der Waals surface area contributed by atoms with Crippen LogP contribution >= 0.6 is 0 Å². The summed E-state index contributed by atoms with van der Waals surface area (Å²) in [5.41, 5.74) is 5.81. The van der Waals surface area contributed by atoms with Crippen molar-refractivity contribution in [2.24, 2.45) is 0 Å². The Balaban J connectivity index is 1.68. The van der Waals surface area contributed by atoms with Crippen molar-refractivity contribution >= 4 is 11.6 Å². The van der Waals surface area contributed by atoms with Crippen LogP contribution in [-0.2, 0) is 0 Å². The van der Waals surface area contributed by atoms with Crippen molar-refractivity contribution in [2.45, 2.75) is 20.8 Å². The van der Waals surface area contributed by atoms with Gasteiger partial charge in [0.25, 0.3) is 5.91 Å². The number of aryl methyl sites for hydroxylation is 3. The Kier molecular flexibility index (Phi) is 4.47. The summed E-state index contributed by atoms with van der Waals surface area (Å²) >= 11 is 0. The molecule has 2 aromatic carbocycles. The quantitative estimate of drug-likeness (QED) is 0.922. The Labute approximate surface area is 143 Å². The summed E-state index contributed by atoms with van der Waals surface area (Å²) in [6, 6.07) is 11.0. The molecule has 126 valence electrons. The van der Waals surface area contributed by atoms with Gasteiger partial charge in [0.05, 0.1) is 0 Å². The normalized spacial score (nSPS) is 14.8. The zero-order valence-electron chi connectivity index (χ0n) is 14.5. The average molecular weight is 324 g/mol. The third-order valence-electron chi connectivity index (χ3n) is 4.83. The summed E-state index contributed by atoms with van der Waals surface area (Å²) in [6.45, 7) is 9.54. The Bertz CT molecular complexity index is 745. The van der Waals surface area contributed by atoms with E-state index in [9.17, 15) is 9.90 Å². The zero-order valence-corrected chi connectivity index (χ0v) is 14.5. The molecule has 0 spiro atoms. The molecular formula is C20H24N2O2. The second-order valence-corrected chi connectivity index (χ2v) is 6.55. The number of phenols is 1. The number of nitrogens with zero attached hydrogens (tertiary/aromatic N) is 2. The van der Waals surface area contributed by atoms with E-state index in [1.165, 1.54) is 22.4 Å². The molecule has 1 N–H and O–H groups in total. The molecule has 0 atom stereocenters. The SMILES string of the molecule is Cc1cc(C)c(N2CCN(C(=O)c3ccc(O)cc3)CC2)cc1C. The highest BCUT2D eigenvalue weighted by Crippen LogP contribution is 2.25. The van der Waals surface area contributed by atoms with Gasteiger partial charge >= 0.3 is 0 Å². The maximum Gasteiger partial charge on any atom is 0.253 e. The van der Waals surface area contributed by atoms with E-state index in [0.29, 0.717) is 18.7 Å². The maximum absolute atomic E-state index is 12.5. The first-order valence-corrected chi connectivity index (χ1v) is 8.37.